The Balaban J connectivity index is 1.80. The van der Waals surface area contributed by atoms with Crippen LogP contribution < -0.4 is 5.32 Å². The van der Waals surface area contributed by atoms with Gasteiger partial charge in [-0.05, 0) is 33.8 Å². The Morgan fingerprint density at radius 1 is 1.07 bits per heavy atom. The van der Waals surface area contributed by atoms with Crippen LogP contribution in [0, 0.1) is 13.8 Å². The fourth-order valence-electron chi connectivity index (χ4n) is 3.37. The third-order valence-electron chi connectivity index (χ3n) is 4.94. The number of aryl methyl sites for hydroxylation is 3. The maximum Gasteiger partial charge on any atom is 0.257 e. The first-order valence-corrected chi connectivity index (χ1v) is 9.61. The summed E-state index contributed by atoms with van der Waals surface area (Å²) in [5, 5.41) is 12.6. The van der Waals surface area contributed by atoms with Crippen molar-refractivity contribution in [2.45, 2.75) is 33.7 Å². The topological polar surface area (TPSA) is 77.6 Å². The van der Waals surface area contributed by atoms with Gasteiger partial charge < -0.3 is 5.32 Å². The molecule has 0 radical (unpaired) electrons. The highest BCUT2D eigenvalue weighted by molar-refractivity contribution is 6.13. The summed E-state index contributed by atoms with van der Waals surface area (Å²) < 4.78 is 3.53. The molecule has 4 aromatic rings. The Kier molecular flexibility index (Phi) is 4.66. The Morgan fingerprint density at radius 3 is 2.45 bits per heavy atom. The Bertz CT molecular complexity index is 1200. The lowest BCUT2D eigenvalue weighted by molar-refractivity contribution is 0.102. The summed E-state index contributed by atoms with van der Waals surface area (Å²) in [5.74, 6) is 0.294. The number of anilines is 1. The molecule has 7 nitrogen and oxygen atoms in total. The van der Waals surface area contributed by atoms with Crippen LogP contribution in [0.2, 0.25) is 0 Å². The first-order chi connectivity index (χ1) is 13.8. The molecular weight excluding hydrogens is 364 g/mol. The zero-order valence-corrected chi connectivity index (χ0v) is 17.3. The van der Waals surface area contributed by atoms with Crippen molar-refractivity contribution in [1.82, 2.24) is 24.5 Å². The zero-order valence-electron chi connectivity index (χ0n) is 17.3. The smallest absolute Gasteiger partial charge is 0.257 e. The molecule has 0 aliphatic carbocycles. The van der Waals surface area contributed by atoms with E-state index in [1.54, 1.807) is 10.7 Å². The molecule has 1 aromatic carbocycles. The van der Waals surface area contributed by atoms with Gasteiger partial charge in [-0.15, -0.1) is 0 Å². The number of benzene rings is 1. The van der Waals surface area contributed by atoms with Crippen molar-refractivity contribution in [1.29, 1.82) is 0 Å². The highest BCUT2D eigenvalue weighted by Gasteiger charge is 2.20. The number of hydrogen-bond donors (Lipinski definition) is 1. The molecule has 1 amide bonds. The highest BCUT2D eigenvalue weighted by atomic mass is 16.1. The van der Waals surface area contributed by atoms with Gasteiger partial charge in [0.15, 0.2) is 11.5 Å². The summed E-state index contributed by atoms with van der Waals surface area (Å²) in [4.78, 5) is 18.0. The fraction of sp³-hybridized carbons (Fsp3) is 0.273. The lowest BCUT2D eigenvalue weighted by Gasteiger charge is -2.09. The lowest BCUT2D eigenvalue weighted by atomic mass is 10.0. The van der Waals surface area contributed by atoms with E-state index in [2.05, 4.69) is 15.5 Å². The molecule has 3 heterocycles. The van der Waals surface area contributed by atoms with E-state index in [4.69, 9.17) is 4.98 Å². The number of nitrogens with zero attached hydrogens (tertiary/aromatic N) is 5. The average Bonchev–Trinajstić information content (AvgIpc) is 3.26. The number of nitrogens with one attached hydrogen (secondary N) is 1. The van der Waals surface area contributed by atoms with Gasteiger partial charge >= 0.3 is 0 Å². The quantitative estimate of drug-likeness (QED) is 0.566. The summed E-state index contributed by atoms with van der Waals surface area (Å²) >= 11 is 0. The van der Waals surface area contributed by atoms with E-state index >= 15 is 0 Å². The summed E-state index contributed by atoms with van der Waals surface area (Å²) in [6, 6.07) is 11.9. The minimum Gasteiger partial charge on any atom is -0.305 e. The predicted molar refractivity (Wildman–Crippen MR) is 114 cm³/mol. The third-order valence-corrected chi connectivity index (χ3v) is 4.94. The predicted octanol–water partition coefficient (Wildman–Crippen LogP) is 4.28. The molecular formula is C22H24N6O. The molecule has 0 aliphatic rings. The van der Waals surface area contributed by atoms with Crippen molar-refractivity contribution in [3.8, 4) is 11.3 Å². The second-order valence-electron chi connectivity index (χ2n) is 7.56. The first kappa shape index (κ1) is 18.9. The van der Waals surface area contributed by atoms with Crippen molar-refractivity contribution in [2.24, 2.45) is 7.05 Å². The molecule has 7 heteroatoms. The maximum absolute atomic E-state index is 13.2. The highest BCUT2D eigenvalue weighted by Crippen LogP contribution is 2.27. The number of pyridine rings is 1. The van der Waals surface area contributed by atoms with E-state index in [1.807, 2.05) is 76.0 Å². The molecule has 0 saturated carbocycles. The number of carbonyl (C=O) groups is 1. The van der Waals surface area contributed by atoms with Gasteiger partial charge in [-0.1, -0.05) is 29.8 Å². The van der Waals surface area contributed by atoms with Crippen LogP contribution in [0.15, 0.2) is 42.6 Å². The molecule has 4 rings (SSSR count). The lowest BCUT2D eigenvalue weighted by Crippen LogP contribution is -2.14. The Morgan fingerprint density at radius 2 is 1.79 bits per heavy atom. The number of rotatable bonds is 4. The molecule has 0 bridgehead atoms. The molecule has 1 N–H and O–H groups in total. The number of hydrogen-bond acceptors (Lipinski definition) is 4. The van der Waals surface area contributed by atoms with Gasteiger partial charge in [-0.2, -0.15) is 10.2 Å². The van der Waals surface area contributed by atoms with Crippen molar-refractivity contribution in [2.75, 3.05) is 5.32 Å². The standard InChI is InChI=1S/C22H24N6O/c1-13(2)28-11-10-19(26-28)24-22(29)17-12-18(16-8-6-14(3)7-9-16)23-21-20(17)15(4)25-27(21)5/h6-13H,1-5H3,(H,24,26,29). The van der Waals surface area contributed by atoms with Gasteiger partial charge in [0, 0.05) is 30.9 Å². The summed E-state index contributed by atoms with van der Waals surface area (Å²) in [7, 11) is 1.84. The number of amides is 1. The van der Waals surface area contributed by atoms with Crippen LogP contribution >= 0.6 is 0 Å². The van der Waals surface area contributed by atoms with Crippen LogP contribution in [0.4, 0.5) is 5.82 Å². The van der Waals surface area contributed by atoms with E-state index in [1.165, 1.54) is 5.56 Å². The second-order valence-corrected chi connectivity index (χ2v) is 7.56. The molecule has 0 aliphatic heterocycles. The van der Waals surface area contributed by atoms with Crippen LogP contribution in [0.5, 0.6) is 0 Å². The largest absolute Gasteiger partial charge is 0.305 e. The Hall–Kier alpha value is -3.48. The van der Waals surface area contributed by atoms with Crippen LogP contribution in [0.1, 0.15) is 41.5 Å². The third kappa shape index (κ3) is 3.51. The van der Waals surface area contributed by atoms with Crippen LogP contribution in [-0.2, 0) is 7.05 Å². The molecule has 0 saturated heterocycles. The van der Waals surface area contributed by atoms with Gasteiger partial charge in [0.05, 0.1) is 22.3 Å². The van der Waals surface area contributed by atoms with Crippen LogP contribution in [0.3, 0.4) is 0 Å². The van der Waals surface area contributed by atoms with Crippen LogP contribution in [-0.4, -0.2) is 30.5 Å². The van der Waals surface area contributed by atoms with E-state index < -0.39 is 0 Å². The van der Waals surface area contributed by atoms with Gasteiger partial charge in [-0.3, -0.25) is 14.2 Å². The normalized spacial score (nSPS) is 11.4. The minimum absolute atomic E-state index is 0.224. The molecule has 0 atom stereocenters. The monoisotopic (exact) mass is 388 g/mol. The SMILES string of the molecule is Cc1ccc(-c2cc(C(=O)Nc3ccn(C(C)C)n3)c3c(C)nn(C)c3n2)cc1. The van der Waals surface area contributed by atoms with E-state index in [0.717, 1.165) is 22.3 Å². The van der Waals surface area contributed by atoms with Crippen LogP contribution in [0.25, 0.3) is 22.3 Å². The van der Waals surface area contributed by atoms with Crippen molar-refractivity contribution < 1.29 is 4.79 Å². The van der Waals surface area contributed by atoms with Gasteiger partial charge in [0.25, 0.3) is 5.91 Å². The summed E-state index contributed by atoms with van der Waals surface area (Å²) in [5.41, 5.74) is 4.84. The summed E-state index contributed by atoms with van der Waals surface area (Å²) in [6.45, 7) is 8.01. The van der Waals surface area contributed by atoms with E-state index in [0.29, 0.717) is 17.0 Å². The fourth-order valence-corrected chi connectivity index (χ4v) is 3.37. The summed E-state index contributed by atoms with van der Waals surface area (Å²) in [6.07, 6.45) is 1.86. The van der Waals surface area contributed by atoms with E-state index in [9.17, 15) is 4.79 Å². The van der Waals surface area contributed by atoms with Gasteiger partial charge in [0.1, 0.15) is 0 Å². The van der Waals surface area contributed by atoms with Gasteiger partial charge in [0.2, 0.25) is 0 Å². The molecule has 0 unspecified atom stereocenters. The van der Waals surface area contributed by atoms with E-state index in [-0.39, 0.29) is 11.9 Å². The second kappa shape index (κ2) is 7.16. The van der Waals surface area contributed by atoms with Gasteiger partial charge in [-0.25, -0.2) is 4.98 Å². The number of aromatic nitrogens is 5. The molecule has 0 fully saturated rings. The average molecular weight is 388 g/mol. The molecule has 3 aromatic heterocycles. The number of carbonyl (C=O) groups excluding carboxylic acids is 1. The van der Waals surface area contributed by atoms with Crippen molar-refractivity contribution in [3.05, 3.63) is 59.4 Å². The zero-order chi connectivity index (χ0) is 20.7. The molecule has 148 valence electrons. The molecule has 0 spiro atoms. The number of fused-ring (bicyclic) bond motifs is 1. The Labute approximate surface area is 169 Å². The first-order valence-electron chi connectivity index (χ1n) is 9.61. The van der Waals surface area contributed by atoms with Crippen molar-refractivity contribution >= 4 is 22.8 Å². The van der Waals surface area contributed by atoms with Crippen molar-refractivity contribution in [3.63, 3.8) is 0 Å². The maximum atomic E-state index is 13.2. The minimum atomic E-state index is -0.226. The molecule has 29 heavy (non-hydrogen) atoms.